The van der Waals surface area contributed by atoms with Gasteiger partial charge >= 0.3 is 0 Å². The van der Waals surface area contributed by atoms with Crippen molar-refractivity contribution in [3.8, 4) is 0 Å². The Labute approximate surface area is 133 Å². The van der Waals surface area contributed by atoms with E-state index in [1.165, 1.54) is 31.2 Å². The van der Waals surface area contributed by atoms with Gasteiger partial charge in [0.15, 0.2) is 0 Å². The SMILES string of the molecule is CCNC(Cc1ccncc1Cl)C1CC2CCC(C1)N2C. The maximum absolute atomic E-state index is 6.30. The Morgan fingerprint density at radius 1 is 1.38 bits per heavy atom. The minimum Gasteiger partial charge on any atom is -0.314 e. The number of likely N-dealkylation sites (N-methyl/N-ethyl adjacent to an activating group) is 1. The van der Waals surface area contributed by atoms with E-state index in [1.807, 2.05) is 6.20 Å². The van der Waals surface area contributed by atoms with E-state index in [-0.39, 0.29) is 0 Å². The monoisotopic (exact) mass is 307 g/mol. The lowest BCUT2D eigenvalue weighted by Gasteiger charge is -2.40. The molecule has 3 nitrogen and oxygen atoms in total. The molecule has 2 saturated heterocycles. The van der Waals surface area contributed by atoms with Crippen molar-refractivity contribution in [1.82, 2.24) is 15.2 Å². The van der Waals surface area contributed by atoms with Crippen LogP contribution in [0.5, 0.6) is 0 Å². The summed E-state index contributed by atoms with van der Waals surface area (Å²) in [5.74, 6) is 0.767. The minimum absolute atomic E-state index is 0.534. The maximum Gasteiger partial charge on any atom is 0.0621 e. The topological polar surface area (TPSA) is 28.2 Å². The minimum atomic E-state index is 0.534. The Hall–Kier alpha value is -0.640. The van der Waals surface area contributed by atoms with E-state index in [1.54, 1.807) is 6.20 Å². The van der Waals surface area contributed by atoms with E-state index in [0.717, 1.165) is 36.0 Å². The van der Waals surface area contributed by atoms with Crippen molar-refractivity contribution in [2.75, 3.05) is 13.6 Å². The molecule has 1 aromatic heterocycles. The molecular weight excluding hydrogens is 282 g/mol. The van der Waals surface area contributed by atoms with Gasteiger partial charge in [0.25, 0.3) is 0 Å². The van der Waals surface area contributed by atoms with Crippen LogP contribution >= 0.6 is 11.6 Å². The van der Waals surface area contributed by atoms with E-state index in [2.05, 4.69) is 35.2 Å². The maximum atomic E-state index is 6.30. The van der Waals surface area contributed by atoms with Crippen LogP contribution in [0.1, 0.15) is 38.2 Å². The molecule has 3 heterocycles. The smallest absolute Gasteiger partial charge is 0.0621 e. The molecule has 1 N–H and O–H groups in total. The lowest BCUT2D eigenvalue weighted by Crippen LogP contribution is -2.47. The lowest BCUT2D eigenvalue weighted by molar-refractivity contribution is 0.112. The molecular formula is C17H26ClN3. The summed E-state index contributed by atoms with van der Waals surface area (Å²) in [6.45, 7) is 3.22. The second-order valence-electron chi connectivity index (χ2n) is 6.62. The summed E-state index contributed by atoms with van der Waals surface area (Å²) in [5, 5.41) is 4.52. The number of hydrogen-bond acceptors (Lipinski definition) is 3. The Balaban J connectivity index is 1.72. The molecule has 2 aliphatic heterocycles. The van der Waals surface area contributed by atoms with Gasteiger partial charge in [-0.25, -0.2) is 0 Å². The molecule has 2 bridgehead atoms. The van der Waals surface area contributed by atoms with E-state index >= 15 is 0 Å². The number of aromatic nitrogens is 1. The first kappa shape index (κ1) is 15.3. The van der Waals surface area contributed by atoms with Crippen molar-refractivity contribution >= 4 is 11.6 Å². The molecule has 2 fully saturated rings. The molecule has 4 heteroatoms. The van der Waals surface area contributed by atoms with E-state index < -0.39 is 0 Å². The van der Waals surface area contributed by atoms with Gasteiger partial charge in [-0.2, -0.15) is 0 Å². The highest BCUT2D eigenvalue weighted by Crippen LogP contribution is 2.39. The van der Waals surface area contributed by atoms with Crippen LogP contribution in [-0.2, 0) is 6.42 Å². The zero-order valence-electron chi connectivity index (χ0n) is 13.1. The number of nitrogens with one attached hydrogen (secondary N) is 1. The van der Waals surface area contributed by atoms with Gasteiger partial charge in [0.1, 0.15) is 0 Å². The van der Waals surface area contributed by atoms with Crippen LogP contribution in [-0.4, -0.2) is 41.6 Å². The van der Waals surface area contributed by atoms with Crippen LogP contribution in [0.3, 0.4) is 0 Å². The Morgan fingerprint density at radius 2 is 2.10 bits per heavy atom. The molecule has 3 atom stereocenters. The van der Waals surface area contributed by atoms with Crippen molar-refractivity contribution in [3.05, 3.63) is 29.0 Å². The third kappa shape index (κ3) is 3.25. The van der Waals surface area contributed by atoms with Crippen molar-refractivity contribution in [3.63, 3.8) is 0 Å². The zero-order valence-corrected chi connectivity index (χ0v) is 13.8. The van der Waals surface area contributed by atoms with Gasteiger partial charge in [0, 0.05) is 30.5 Å². The number of nitrogens with zero attached hydrogens (tertiary/aromatic N) is 2. The predicted molar refractivity (Wildman–Crippen MR) is 87.7 cm³/mol. The number of piperidine rings is 1. The molecule has 0 saturated carbocycles. The van der Waals surface area contributed by atoms with Crippen LogP contribution in [0.25, 0.3) is 0 Å². The predicted octanol–water partition coefficient (Wildman–Crippen LogP) is 3.13. The van der Waals surface area contributed by atoms with Crippen LogP contribution in [0, 0.1) is 5.92 Å². The third-order valence-corrected chi connectivity index (χ3v) is 5.81. The fraction of sp³-hybridized carbons (Fsp3) is 0.706. The van der Waals surface area contributed by atoms with Crippen molar-refractivity contribution in [2.24, 2.45) is 5.92 Å². The summed E-state index contributed by atoms with van der Waals surface area (Å²) in [5.41, 5.74) is 1.23. The van der Waals surface area contributed by atoms with Crippen LogP contribution < -0.4 is 5.32 Å². The highest BCUT2D eigenvalue weighted by atomic mass is 35.5. The highest BCUT2D eigenvalue weighted by molar-refractivity contribution is 6.31. The first-order valence-corrected chi connectivity index (χ1v) is 8.60. The molecule has 0 amide bonds. The number of fused-ring (bicyclic) bond motifs is 2. The largest absolute Gasteiger partial charge is 0.314 e. The molecule has 0 radical (unpaired) electrons. The standard InChI is InChI=1S/C17H26ClN3/c1-3-20-17(10-12-6-7-19-11-16(12)18)13-8-14-4-5-15(9-13)21(14)2/h6-7,11,13-15,17,20H,3-5,8-10H2,1-2H3. The quantitative estimate of drug-likeness (QED) is 0.906. The molecule has 2 aliphatic rings. The molecule has 0 spiro atoms. The van der Waals surface area contributed by atoms with E-state index in [4.69, 9.17) is 11.6 Å². The summed E-state index contributed by atoms with van der Waals surface area (Å²) in [4.78, 5) is 6.71. The van der Waals surface area contributed by atoms with Crippen LogP contribution in [0.15, 0.2) is 18.5 Å². The summed E-state index contributed by atoms with van der Waals surface area (Å²) >= 11 is 6.30. The average Bonchev–Trinajstić information content (AvgIpc) is 2.71. The zero-order chi connectivity index (χ0) is 14.8. The molecule has 116 valence electrons. The van der Waals surface area contributed by atoms with Gasteiger partial charge in [-0.3, -0.25) is 4.98 Å². The molecule has 0 aliphatic carbocycles. The summed E-state index contributed by atoms with van der Waals surface area (Å²) in [6.07, 6.45) is 10.0. The Bertz CT molecular complexity index is 465. The number of rotatable bonds is 5. The van der Waals surface area contributed by atoms with Crippen molar-refractivity contribution in [2.45, 2.75) is 57.2 Å². The number of halogens is 1. The molecule has 21 heavy (non-hydrogen) atoms. The first-order chi connectivity index (χ1) is 10.2. The molecule has 0 aromatic carbocycles. The molecule has 3 unspecified atom stereocenters. The van der Waals surface area contributed by atoms with E-state index in [0.29, 0.717) is 6.04 Å². The normalized spacial score (nSPS) is 30.5. The van der Waals surface area contributed by atoms with Crippen molar-refractivity contribution < 1.29 is 0 Å². The number of pyridine rings is 1. The second kappa shape index (κ2) is 6.64. The van der Waals surface area contributed by atoms with Gasteiger partial charge < -0.3 is 10.2 Å². The van der Waals surface area contributed by atoms with Gasteiger partial charge in [-0.05, 0) is 63.2 Å². The van der Waals surface area contributed by atoms with Gasteiger partial charge in [0.2, 0.25) is 0 Å². The van der Waals surface area contributed by atoms with Gasteiger partial charge in [-0.1, -0.05) is 18.5 Å². The van der Waals surface area contributed by atoms with Crippen LogP contribution in [0.4, 0.5) is 0 Å². The number of hydrogen-bond donors (Lipinski definition) is 1. The van der Waals surface area contributed by atoms with Gasteiger partial charge in [-0.15, -0.1) is 0 Å². The molecule has 1 aromatic rings. The van der Waals surface area contributed by atoms with Crippen LogP contribution in [0.2, 0.25) is 5.02 Å². The summed E-state index contributed by atoms with van der Waals surface area (Å²) in [6, 6.07) is 4.19. The first-order valence-electron chi connectivity index (χ1n) is 8.22. The van der Waals surface area contributed by atoms with Crippen molar-refractivity contribution in [1.29, 1.82) is 0 Å². The fourth-order valence-corrected chi connectivity index (χ4v) is 4.45. The van der Waals surface area contributed by atoms with Gasteiger partial charge in [0.05, 0.1) is 5.02 Å². The lowest BCUT2D eigenvalue weighted by atomic mass is 9.82. The average molecular weight is 308 g/mol. The third-order valence-electron chi connectivity index (χ3n) is 5.47. The highest BCUT2D eigenvalue weighted by Gasteiger charge is 2.40. The fourth-order valence-electron chi connectivity index (χ4n) is 4.26. The summed E-state index contributed by atoms with van der Waals surface area (Å²) in [7, 11) is 2.31. The summed E-state index contributed by atoms with van der Waals surface area (Å²) < 4.78 is 0. The van der Waals surface area contributed by atoms with E-state index in [9.17, 15) is 0 Å². The Kier molecular flexibility index (Phi) is 4.82. The Morgan fingerprint density at radius 3 is 2.71 bits per heavy atom. The second-order valence-corrected chi connectivity index (χ2v) is 7.02. The molecule has 3 rings (SSSR count).